The maximum Gasteiger partial charge on any atom is 0.244 e. The van der Waals surface area contributed by atoms with Crippen LogP contribution in [0, 0.1) is 5.92 Å². The molecule has 1 fully saturated rings. The van der Waals surface area contributed by atoms with Crippen molar-refractivity contribution in [3.63, 3.8) is 0 Å². The molecule has 0 heterocycles. The predicted octanol–water partition coefficient (Wildman–Crippen LogP) is 3.26. The molecular weight excluding hydrogens is 331 g/mol. The first-order chi connectivity index (χ1) is 9.86. The summed E-state index contributed by atoms with van der Waals surface area (Å²) in [6, 6.07) is 2.99. The van der Waals surface area contributed by atoms with Crippen LogP contribution in [0.25, 0.3) is 0 Å². The molecule has 0 saturated heterocycles. The molecule has 2 rings (SSSR count). The zero-order valence-electron chi connectivity index (χ0n) is 12.0. The summed E-state index contributed by atoms with van der Waals surface area (Å²) in [5, 5.41) is 0.493. The summed E-state index contributed by atoms with van der Waals surface area (Å²) in [5.74, 6) is 0.428. The van der Waals surface area contributed by atoms with E-state index in [-0.39, 0.29) is 16.5 Å². The molecule has 118 valence electrons. The second-order valence-electron chi connectivity index (χ2n) is 5.52. The Morgan fingerprint density at radius 1 is 1.29 bits per heavy atom. The fraction of sp³-hybridized carbons (Fsp3) is 0.571. The summed E-state index contributed by atoms with van der Waals surface area (Å²) >= 11 is 12.2. The molecule has 1 aromatic rings. The minimum Gasteiger partial charge on any atom is -0.326 e. The van der Waals surface area contributed by atoms with Crippen LogP contribution in [0.15, 0.2) is 17.0 Å². The Morgan fingerprint density at radius 3 is 2.48 bits per heavy atom. The summed E-state index contributed by atoms with van der Waals surface area (Å²) in [6.45, 7) is 0.664. The second-order valence-corrected chi connectivity index (χ2v) is 8.34. The lowest BCUT2D eigenvalue weighted by Gasteiger charge is -2.22. The third kappa shape index (κ3) is 3.71. The van der Waals surface area contributed by atoms with Crippen LogP contribution in [-0.2, 0) is 16.6 Å². The van der Waals surface area contributed by atoms with Gasteiger partial charge in [-0.2, -0.15) is 0 Å². The van der Waals surface area contributed by atoms with Gasteiger partial charge in [-0.15, -0.1) is 0 Å². The van der Waals surface area contributed by atoms with E-state index in [1.54, 1.807) is 13.1 Å². The van der Waals surface area contributed by atoms with Crippen LogP contribution in [-0.4, -0.2) is 26.3 Å². The lowest BCUT2D eigenvalue weighted by molar-refractivity contribution is 0.387. The molecule has 2 N–H and O–H groups in total. The van der Waals surface area contributed by atoms with Gasteiger partial charge >= 0.3 is 0 Å². The Bertz CT molecular complexity index is 614. The highest BCUT2D eigenvalue weighted by Gasteiger charge is 2.28. The minimum atomic E-state index is -3.65. The average Bonchev–Trinajstić information content (AvgIpc) is 2.93. The third-order valence-electron chi connectivity index (χ3n) is 3.98. The molecule has 1 aromatic carbocycles. The molecule has 0 spiro atoms. The average molecular weight is 351 g/mol. The van der Waals surface area contributed by atoms with Gasteiger partial charge in [-0.1, -0.05) is 36.0 Å². The van der Waals surface area contributed by atoms with Crippen LogP contribution in [0.1, 0.15) is 31.2 Å². The quantitative estimate of drug-likeness (QED) is 0.886. The maximum absolute atomic E-state index is 12.7. The normalized spacial score (nSPS) is 16.8. The number of hydrogen-bond donors (Lipinski definition) is 1. The summed E-state index contributed by atoms with van der Waals surface area (Å²) in [7, 11) is -2.06. The summed E-state index contributed by atoms with van der Waals surface area (Å²) in [4.78, 5) is 0.0395. The van der Waals surface area contributed by atoms with E-state index >= 15 is 0 Å². The van der Waals surface area contributed by atoms with E-state index in [4.69, 9.17) is 28.9 Å². The van der Waals surface area contributed by atoms with E-state index in [0.717, 1.165) is 12.8 Å². The van der Waals surface area contributed by atoms with Crippen LogP contribution in [0.5, 0.6) is 0 Å². The van der Waals surface area contributed by atoms with Crippen molar-refractivity contribution in [1.29, 1.82) is 0 Å². The molecule has 1 saturated carbocycles. The molecule has 0 aromatic heterocycles. The van der Waals surface area contributed by atoms with Crippen molar-refractivity contribution < 1.29 is 8.42 Å². The fourth-order valence-corrected chi connectivity index (χ4v) is 4.94. The molecule has 21 heavy (non-hydrogen) atoms. The van der Waals surface area contributed by atoms with Crippen LogP contribution < -0.4 is 5.73 Å². The Labute approximate surface area is 136 Å². The first-order valence-corrected chi connectivity index (χ1v) is 9.20. The van der Waals surface area contributed by atoms with Crippen molar-refractivity contribution in [3.05, 3.63) is 27.7 Å². The number of nitrogens with two attached hydrogens (primary N) is 1. The second kappa shape index (κ2) is 6.84. The van der Waals surface area contributed by atoms with Gasteiger partial charge in [0.25, 0.3) is 0 Å². The Kier molecular flexibility index (Phi) is 5.54. The molecular formula is C14H20Cl2N2O2S. The summed E-state index contributed by atoms with van der Waals surface area (Å²) in [5.41, 5.74) is 6.13. The van der Waals surface area contributed by atoms with Crippen LogP contribution >= 0.6 is 23.2 Å². The van der Waals surface area contributed by atoms with Crippen molar-refractivity contribution >= 4 is 33.2 Å². The number of benzene rings is 1. The van der Waals surface area contributed by atoms with E-state index in [0.29, 0.717) is 23.0 Å². The van der Waals surface area contributed by atoms with Crippen LogP contribution in [0.2, 0.25) is 10.0 Å². The molecule has 0 radical (unpaired) electrons. The van der Waals surface area contributed by atoms with Crippen molar-refractivity contribution in [1.82, 2.24) is 4.31 Å². The molecule has 0 aliphatic heterocycles. The smallest absolute Gasteiger partial charge is 0.244 e. The highest BCUT2D eigenvalue weighted by molar-refractivity contribution is 7.89. The topological polar surface area (TPSA) is 63.4 Å². The largest absolute Gasteiger partial charge is 0.326 e. The first-order valence-electron chi connectivity index (χ1n) is 7.00. The minimum absolute atomic E-state index is 0.0395. The van der Waals surface area contributed by atoms with E-state index in [9.17, 15) is 8.42 Å². The van der Waals surface area contributed by atoms with E-state index in [1.165, 1.54) is 23.2 Å². The van der Waals surface area contributed by atoms with Gasteiger partial charge in [-0.05, 0) is 36.5 Å². The monoisotopic (exact) mass is 350 g/mol. The van der Waals surface area contributed by atoms with Crippen LogP contribution in [0.4, 0.5) is 0 Å². The molecule has 0 bridgehead atoms. The standard InChI is InChI=1S/C14H20Cl2N2O2S/c1-18(9-10-4-2-3-5-10)21(19,20)13-7-12(15)6-11(8-17)14(13)16/h6-7,10H,2-5,8-9,17H2,1H3. The molecule has 1 aliphatic rings. The molecule has 4 nitrogen and oxygen atoms in total. The number of hydrogen-bond acceptors (Lipinski definition) is 3. The van der Waals surface area contributed by atoms with E-state index in [1.807, 2.05) is 0 Å². The highest BCUT2D eigenvalue weighted by atomic mass is 35.5. The Hall–Kier alpha value is -0.330. The molecule has 0 atom stereocenters. The summed E-state index contributed by atoms with van der Waals surface area (Å²) < 4.78 is 26.8. The fourth-order valence-electron chi connectivity index (χ4n) is 2.78. The van der Waals surface area contributed by atoms with Gasteiger partial charge in [0.1, 0.15) is 4.90 Å². The Balaban J connectivity index is 2.32. The number of rotatable bonds is 5. The number of nitrogens with zero attached hydrogens (tertiary/aromatic N) is 1. The zero-order chi connectivity index (χ0) is 15.6. The van der Waals surface area contributed by atoms with Gasteiger partial charge < -0.3 is 5.73 Å². The lowest BCUT2D eigenvalue weighted by Crippen LogP contribution is -2.31. The van der Waals surface area contributed by atoms with Gasteiger partial charge in [0.2, 0.25) is 10.0 Å². The number of halogens is 2. The summed E-state index contributed by atoms with van der Waals surface area (Å²) in [6.07, 6.45) is 4.51. The van der Waals surface area contributed by atoms with Gasteiger partial charge in [-0.25, -0.2) is 12.7 Å². The first kappa shape index (κ1) is 17.0. The van der Waals surface area contributed by atoms with Crippen LogP contribution in [0.3, 0.4) is 0 Å². The van der Waals surface area contributed by atoms with E-state index in [2.05, 4.69) is 0 Å². The van der Waals surface area contributed by atoms with E-state index < -0.39 is 10.0 Å². The van der Waals surface area contributed by atoms with Crippen molar-refractivity contribution in [2.75, 3.05) is 13.6 Å². The maximum atomic E-state index is 12.7. The van der Waals surface area contributed by atoms with Crippen molar-refractivity contribution in [2.24, 2.45) is 11.7 Å². The number of sulfonamides is 1. The van der Waals surface area contributed by atoms with Gasteiger partial charge in [0, 0.05) is 25.2 Å². The highest BCUT2D eigenvalue weighted by Crippen LogP contribution is 2.32. The lowest BCUT2D eigenvalue weighted by atomic mass is 10.1. The Morgan fingerprint density at radius 2 is 1.90 bits per heavy atom. The van der Waals surface area contributed by atoms with Crippen molar-refractivity contribution in [3.8, 4) is 0 Å². The van der Waals surface area contributed by atoms with Gasteiger partial charge in [-0.3, -0.25) is 0 Å². The van der Waals surface area contributed by atoms with Gasteiger partial charge in [0.15, 0.2) is 0 Å². The SMILES string of the molecule is CN(CC1CCCC1)S(=O)(=O)c1cc(Cl)cc(CN)c1Cl. The molecule has 0 amide bonds. The molecule has 7 heteroatoms. The van der Waals surface area contributed by atoms with Crippen molar-refractivity contribution in [2.45, 2.75) is 37.1 Å². The zero-order valence-corrected chi connectivity index (χ0v) is 14.3. The molecule has 1 aliphatic carbocycles. The molecule has 0 unspecified atom stereocenters. The third-order valence-corrected chi connectivity index (χ3v) is 6.60. The predicted molar refractivity (Wildman–Crippen MR) is 86.1 cm³/mol. The van der Waals surface area contributed by atoms with Gasteiger partial charge in [0.05, 0.1) is 5.02 Å².